The number of amides is 4. The fraction of sp³-hybridized carbons (Fsp3) is 0.906. The number of methoxy groups -OCH3 is 6. The number of carbonyl (C=O) groups excluding carboxylic acids is 3. The first-order valence-electron chi connectivity index (χ1n) is 33.6. The Morgan fingerprint density at radius 2 is 0.878 bits per heavy atom. The molecule has 115 heavy (non-hydrogen) atoms. The zero-order valence-corrected chi connectivity index (χ0v) is 67.4. The van der Waals surface area contributed by atoms with Crippen LogP contribution in [0.25, 0.3) is 0 Å². The van der Waals surface area contributed by atoms with Gasteiger partial charge in [-0.25, -0.2) is 48.0 Å². The molecule has 7 aliphatic rings. The third-order valence-electron chi connectivity index (χ3n) is 18.3. The third kappa shape index (κ3) is 29.5. The second-order valence-corrected chi connectivity index (χ2v) is 31.4. The van der Waals surface area contributed by atoms with Crippen molar-refractivity contribution in [2.24, 2.45) is 5.92 Å². The molecule has 0 aromatic heterocycles. The lowest BCUT2D eigenvalue weighted by Crippen LogP contribution is -2.69. The van der Waals surface area contributed by atoms with Crippen LogP contribution in [0.15, 0.2) is 0 Å². The number of carbonyl (C=O) groups is 5. The Kier molecular flexibility index (Phi) is 42.3. The first-order chi connectivity index (χ1) is 54.8. The van der Waals surface area contributed by atoms with Crippen molar-refractivity contribution >= 4 is 122 Å². The van der Waals surface area contributed by atoms with E-state index in [0.29, 0.717) is 25.8 Å². The van der Waals surface area contributed by atoms with Gasteiger partial charge < -0.3 is 103 Å². The molecule has 13 N–H and O–H groups in total. The Labute approximate surface area is 675 Å². The van der Waals surface area contributed by atoms with Crippen molar-refractivity contribution in [2.75, 3.05) is 74.8 Å². The number of ether oxygens (including phenoxy) is 15. The van der Waals surface area contributed by atoms with Gasteiger partial charge in [0.25, 0.3) is 0 Å². The monoisotopic (exact) mass is 1840 g/mol. The van der Waals surface area contributed by atoms with Crippen LogP contribution >= 0.6 is 61.1 Å². The number of rotatable bonds is 53. The maximum Gasteiger partial charge on any atom is 0.397 e. The van der Waals surface area contributed by atoms with E-state index in [1.54, 1.807) is 11.8 Å². The Morgan fingerprint density at radius 1 is 0.470 bits per heavy atom. The summed E-state index contributed by atoms with van der Waals surface area (Å²) in [5.41, 5.74) is 0. The number of nitrogens with one attached hydrogen (secondary N) is 4. The van der Waals surface area contributed by atoms with E-state index in [2.05, 4.69) is 67.1 Å². The Balaban J connectivity index is 1.15. The summed E-state index contributed by atoms with van der Waals surface area (Å²) in [6.45, 7) is -1.79. The molecule has 7 saturated heterocycles. The summed E-state index contributed by atoms with van der Waals surface area (Å²) in [6, 6.07) is -1.49. The van der Waals surface area contributed by atoms with E-state index in [1.165, 1.54) is 14.0 Å². The molecule has 0 bridgehead atoms. The number of hydrogen-bond donors (Lipinski definition) is 13. The fourth-order valence-corrected chi connectivity index (χ4v) is 17.2. The minimum Gasteiger partial charge on any atom is -0.479 e. The standard InChI is InChI=1S/C53H88N4O50S8/c1-21-23(17-84-113(69,70)71)87-48(30(31(21)78-2)56-28(59)15-9-8-12-16-54-27(58)14-11-10-13-26-29-22(20-108-26)55-53(64)57-29)92-36-34(79-3)42(81-5)50(94-40(36)46(60)61)91-33-25(19-86-115(75,76)77)89-52(45(99-112-107-103-68)39(33)97-110-105-101-66)93-37-35(80-4)43(82-6)51(95-41(37)47(62)63)90-32-24(18-85-114(72,73)74)88-49(83-7)44(98-111-106-102-67)38(32)96-109-104-100-65/h21-26,29-45,48-52,65-68H,8-20H2,1-7H3,(H,54,58)(H,56,59)(H,60,61)(H,62,63)(H2,55,57,64)(H,69,70,71)(H,72,73,74)(H,75,76,77)/t21-,22?,23?,24?,25+,26?,29?,30?,31-,32-,33+,34-,35?,36+,37-,38-,39?,40?,41+,42?,43?,44?,45?,48-,49+,50+,51-,52+/m0/s1. The molecule has 7 fully saturated rings. The number of hydrogen-bond acceptors (Lipinski definition) is 50. The van der Waals surface area contributed by atoms with Crippen molar-refractivity contribution in [1.29, 1.82) is 0 Å². The lowest BCUT2D eigenvalue weighted by molar-refractivity contribution is -0.437. The highest BCUT2D eigenvalue weighted by atomic mass is 32.3. The number of unbranched alkanes of at least 4 members (excludes halogenated alkanes) is 3. The summed E-state index contributed by atoms with van der Waals surface area (Å²) >= 11 is 0.908. The number of carboxylic acids is 2. The van der Waals surface area contributed by atoms with Gasteiger partial charge in [0, 0.05) is 79.0 Å². The highest BCUT2D eigenvalue weighted by molar-refractivity contribution is 8.00. The number of carboxylic acid groups (broad SMARTS) is 2. The minimum absolute atomic E-state index is 0.0452. The minimum atomic E-state index is -5.59. The summed E-state index contributed by atoms with van der Waals surface area (Å²) in [4.78, 5) is 65.8. The summed E-state index contributed by atoms with van der Waals surface area (Å²) in [5, 5.41) is 84.7. The van der Waals surface area contributed by atoms with Crippen LogP contribution < -0.4 is 21.3 Å². The molecule has 668 valence electrons. The van der Waals surface area contributed by atoms with Gasteiger partial charge in [0.05, 0.1) is 44.1 Å². The van der Waals surface area contributed by atoms with E-state index in [0.717, 1.165) is 54.1 Å². The lowest BCUT2D eigenvalue weighted by atomic mass is 9.88. The molecule has 54 nitrogen and oxygen atoms in total. The van der Waals surface area contributed by atoms with Crippen LogP contribution in [0, 0.1) is 5.92 Å². The van der Waals surface area contributed by atoms with E-state index in [1.807, 2.05) is 0 Å². The van der Waals surface area contributed by atoms with Crippen LogP contribution in [-0.4, -0.2) is 339 Å². The van der Waals surface area contributed by atoms with Gasteiger partial charge in [-0.2, -0.15) is 37.0 Å². The van der Waals surface area contributed by atoms with Crippen molar-refractivity contribution in [3.8, 4) is 0 Å². The number of urea groups is 1. The highest BCUT2D eigenvalue weighted by Gasteiger charge is 2.62. The predicted octanol–water partition coefficient (Wildman–Crippen LogP) is -1.50. The molecule has 62 heteroatoms. The molecule has 0 radical (unpaired) electrons. The van der Waals surface area contributed by atoms with Gasteiger partial charge in [0.1, 0.15) is 79.3 Å². The summed E-state index contributed by atoms with van der Waals surface area (Å²) < 4.78 is 246. The van der Waals surface area contributed by atoms with Crippen LogP contribution in [0.2, 0.25) is 0 Å². The maximum atomic E-state index is 14.0. The van der Waals surface area contributed by atoms with Crippen molar-refractivity contribution in [2.45, 2.75) is 223 Å². The SMILES string of the molecule is COC1C(OC)[C@H](O[C@H]2O[C@H](COS(=O)(=O)O)[C@@H](O[C@@H]3OC(C(=O)O)[C@H](O[C@@H]4OC(COS(=O)(=O)O)[C@H](C)[C@H](OC)C4NC(=O)CCCCCNC(=O)CCCCC4SCC5NC(=O)NC54)[C@H](OC)C3OC)C(OSOOO)C2OSOOO)[C@H](C(=O)O)O[C@@H]1O[C@H]1C(COS(=O)(=O)O)O[C@@H](OC)C(OSOOO)[C@H]1OSOOO. The fourth-order valence-electron chi connectivity index (χ4n) is 13.3. The Morgan fingerprint density at radius 3 is 1.33 bits per heavy atom. The second kappa shape index (κ2) is 48.9. The number of thioether (sulfide) groups is 1. The van der Waals surface area contributed by atoms with Crippen LogP contribution in [0.1, 0.15) is 58.3 Å². The van der Waals surface area contributed by atoms with E-state index in [9.17, 15) is 83.6 Å². The predicted molar refractivity (Wildman–Crippen MR) is 367 cm³/mol. The van der Waals surface area contributed by atoms with Crippen molar-refractivity contribution in [1.82, 2.24) is 21.3 Å². The molecular formula is C53H88N4O50S8. The molecule has 0 aliphatic carbocycles. The average molecular weight is 1840 g/mol. The smallest absolute Gasteiger partial charge is 0.397 e. The van der Waals surface area contributed by atoms with Crippen molar-refractivity contribution < 1.29 is 232 Å². The topological polar surface area (TPSA) is 695 Å². The third-order valence-corrected chi connectivity index (χ3v) is 22.7. The molecular weight excluding hydrogens is 1750 g/mol. The van der Waals surface area contributed by atoms with Crippen molar-refractivity contribution in [3.63, 3.8) is 0 Å². The Bertz CT molecular complexity index is 3330. The number of aliphatic carboxylic acids is 2. The van der Waals surface area contributed by atoms with Gasteiger partial charge in [-0.15, -0.1) is 17.3 Å². The first-order valence-corrected chi connectivity index (χ1v) is 41.5. The first kappa shape index (κ1) is 99.4. The zero-order chi connectivity index (χ0) is 84.3. The maximum absolute atomic E-state index is 14.0. The van der Waals surface area contributed by atoms with Crippen LogP contribution in [-0.2, 0) is 188 Å². The van der Waals surface area contributed by atoms with E-state index >= 15 is 0 Å². The quantitative estimate of drug-likeness (QED) is 0.00823. The molecule has 7 aliphatic heterocycles. The normalized spacial score (nSPS) is 35.2. The van der Waals surface area contributed by atoms with Gasteiger partial charge in [0.2, 0.25) is 11.8 Å². The molecule has 0 aromatic rings. The molecule has 0 spiro atoms. The van der Waals surface area contributed by atoms with Gasteiger partial charge in [-0.3, -0.25) is 40.0 Å². The summed E-state index contributed by atoms with van der Waals surface area (Å²) in [5.74, 6) is -4.79. The van der Waals surface area contributed by atoms with E-state index < -0.39 is 222 Å². The van der Waals surface area contributed by atoms with Gasteiger partial charge in [0.15, 0.2) is 105 Å². The van der Waals surface area contributed by atoms with Crippen LogP contribution in [0.3, 0.4) is 0 Å². The zero-order valence-electron chi connectivity index (χ0n) is 60.9. The van der Waals surface area contributed by atoms with Gasteiger partial charge in [-0.1, -0.05) is 39.9 Å². The van der Waals surface area contributed by atoms with Crippen molar-refractivity contribution in [3.05, 3.63) is 0 Å². The summed E-state index contributed by atoms with van der Waals surface area (Å²) in [6.07, 6.45) is -42.5. The summed E-state index contributed by atoms with van der Waals surface area (Å²) in [7, 11) is -9.92. The lowest BCUT2D eigenvalue weighted by Gasteiger charge is -2.51. The number of fused-ring (bicyclic) bond motifs is 1. The van der Waals surface area contributed by atoms with Crippen LogP contribution in [0.4, 0.5) is 4.79 Å². The highest BCUT2D eigenvalue weighted by Crippen LogP contribution is 2.43. The molecule has 7 rings (SSSR count). The second-order valence-electron chi connectivity index (χ2n) is 25.0. The molecule has 13 unspecified atom stereocenters. The average Bonchev–Trinajstić information content (AvgIpc) is 1.42. The van der Waals surface area contributed by atoms with E-state index in [-0.39, 0.29) is 97.8 Å². The van der Waals surface area contributed by atoms with Crippen LogP contribution in [0.5, 0.6) is 0 Å². The van der Waals surface area contributed by atoms with Gasteiger partial charge >= 0.3 is 49.2 Å². The molecule has 4 amide bonds. The van der Waals surface area contributed by atoms with E-state index in [4.69, 9.17) is 102 Å². The molecule has 7 heterocycles. The molecule has 0 aromatic carbocycles. The largest absolute Gasteiger partial charge is 0.479 e. The molecule has 28 atom stereocenters. The Hall–Kier alpha value is -2.73. The van der Waals surface area contributed by atoms with Gasteiger partial charge in [-0.05, 0) is 25.7 Å². The molecule has 0 saturated carbocycles.